The lowest BCUT2D eigenvalue weighted by Crippen LogP contribution is -1.97. The summed E-state index contributed by atoms with van der Waals surface area (Å²) < 4.78 is 16.3. The van der Waals surface area contributed by atoms with Crippen LogP contribution in [0.15, 0.2) is 18.2 Å². The first kappa shape index (κ1) is 15.5. The van der Waals surface area contributed by atoms with Crippen molar-refractivity contribution in [2.24, 2.45) is 0 Å². The molecule has 112 valence electrons. The number of alkyl halides is 1. The van der Waals surface area contributed by atoms with Crippen LogP contribution < -0.4 is 14.2 Å². The molecule has 2 rings (SSSR count). The van der Waals surface area contributed by atoms with E-state index in [1.807, 2.05) is 18.2 Å². The predicted molar refractivity (Wildman–Crippen MR) is 84.2 cm³/mol. The SMILES string of the molecule is BrCCCCCCCCCOc1ccc2c(c1)OCO2. The molecule has 1 aliphatic heterocycles. The Kier molecular flexibility index (Phi) is 7.06. The highest BCUT2D eigenvalue weighted by molar-refractivity contribution is 9.09. The highest BCUT2D eigenvalue weighted by atomic mass is 79.9. The van der Waals surface area contributed by atoms with Gasteiger partial charge in [-0.15, -0.1) is 0 Å². The van der Waals surface area contributed by atoms with Crippen molar-refractivity contribution in [1.82, 2.24) is 0 Å². The van der Waals surface area contributed by atoms with Gasteiger partial charge in [-0.1, -0.05) is 48.0 Å². The predicted octanol–water partition coefficient (Wildman–Crippen LogP) is 4.92. The number of fused-ring (bicyclic) bond motifs is 1. The van der Waals surface area contributed by atoms with Crippen molar-refractivity contribution in [2.75, 3.05) is 18.7 Å². The van der Waals surface area contributed by atoms with E-state index in [2.05, 4.69) is 15.9 Å². The van der Waals surface area contributed by atoms with Gasteiger partial charge in [0.2, 0.25) is 6.79 Å². The average molecular weight is 343 g/mol. The van der Waals surface area contributed by atoms with E-state index in [1.54, 1.807) is 0 Å². The maximum atomic E-state index is 5.73. The van der Waals surface area contributed by atoms with Crippen LogP contribution in [0.1, 0.15) is 44.9 Å². The zero-order valence-electron chi connectivity index (χ0n) is 11.9. The van der Waals surface area contributed by atoms with Crippen molar-refractivity contribution in [3.05, 3.63) is 18.2 Å². The van der Waals surface area contributed by atoms with Crippen molar-refractivity contribution in [3.63, 3.8) is 0 Å². The Labute approximate surface area is 129 Å². The number of ether oxygens (including phenoxy) is 3. The lowest BCUT2D eigenvalue weighted by atomic mass is 10.1. The van der Waals surface area contributed by atoms with Gasteiger partial charge in [-0.3, -0.25) is 0 Å². The molecule has 4 heteroatoms. The largest absolute Gasteiger partial charge is 0.493 e. The van der Waals surface area contributed by atoms with Crippen LogP contribution in [0.5, 0.6) is 17.2 Å². The molecule has 1 heterocycles. The van der Waals surface area contributed by atoms with E-state index < -0.39 is 0 Å². The molecule has 0 fully saturated rings. The van der Waals surface area contributed by atoms with Crippen LogP contribution in [0.4, 0.5) is 0 Å². The summed E-state index contributed by atoms with van der Waals surface area (Å²) in [6, 6.07) is 5.75. The standard InChI is InChI=1S/C16H23BrO3/c17-10-6-4-2-1-3-5-7-11-18-14-8-9-15-16(12-14)20-13-19-15/h8-9,12H,1-7,10-11,13H2. The van der Waals surface area contributed by atoms with E-state index >= 15 is 0 Å². The van der Waals surface area contributed by atoms with Gasteiger partial charge in [-0.25, -0.2) is 0 Å². The molecule has 1 aliphatic rings. The molecule has 0 aromatic heterocycles. The second-order valence-electron chi connectivity index (χ2n) is 5.03. The Hall–Kier alpha value is -0.900. The molecular formula is C16H23BrO3. The number of hydrogen-bond acceptors (Lipinski definition) is 3. The van der Waals surface area contributed by atoms with Crippen LogP contribution in [-0.4, -0.2) is 18.7 Å². The topological polar surface area (TPSA) is 27.7 Å². The normalized spacial score (nSPS) is 12.7. The highest BCUT2D eigenvalue weighted by Gasteiger charge is 2.13. The second-order valence-corrected chi connectivity index (χ2v) is 5.82. The van der Waals surface area contributed by atoms with E-state index in [1.165, 1.54) is 38.5 Å². The molecular weight excluding hydrogens is 320 g/mol. The van der Waals surface area contributed by atoms with Crippen molar-refractivity contribution in [2.45, 2.75) is 44.9 Å². The first-order chi connectivity index (χ1) is 9.90. The summed E-state index contributed by atoms with van der Waals surface area (Å²) in [7, 11) is 0. The quantitative estimate of drug-likeness (QED) is 0.446. The number of unbranched alkanes of at least 4 members (excludes halogenated alkanes) is 6. The number of halogens is 1. The van der Waals surface area contributed by atoms with Gasteiger partial charge < -0.3 is 14.2 Å². The molecule has 1 aromatic rings. The Morgan fingerprint density at radius 1 is 0.900 bits per heavy atom. The summed E-state index contributed by atoms with van der Waals surface area (Å²) >= 11 is 3.46. The van der Waals surface area contributed by atoms with Crippen LogP contribution in [0.25, 0.3) is 0 Å². The van der Waals surface area contributed by atoms with Gasteiger partial charge >= 0.3 is 0 Å². The van der Waals surface area contributed by atoms with Gasteiger partial charge in [0.05, 0.1) is 6.61 Å². The molecule has 0 unspecified atom stereocenters. The molecule has 0 saturated carbocycles. The number of hydrogen-bond donors (Lipinski definition) is 0. The molecule has 0 atom stereocenters. The molecule has 0 aliphatic carbocycles. The maximum Gasteiger partial charge on any atom is 0.231 e. The minimum Gasteiger partial charge on any atom is -0.493 e. The van der Waals surface area contributed by atoms with E-state index in [4.69, 9.17) is 14.2 Å². The van der Waals surface area contributed by atoms with Crippen LogP contribution in [0.3, 0.4) is 0 Å². The van der Waals surface area contributed by atoms with Crippen molar-refractivity contribution in [1.29, 1.82) is 0 Å². The highest BCUT2D eigenvalue weighted by Crippen LogP contribution is 2.35. The van der Waals surface area contributed by atoms with Crippen molar-refractivity contribution >= 4 is 15.9 Å². The Morgan fingerprint density at radius 2 is 1.60 bits per heavy atom. The van der Waals surface area contributed by atoms with E-state index in [-0.39, 0.29) is 0 Å². The molecule has 0 amide bonds. The van der Waals surface area contributed by atoms with Crippen molar-refractivity contribution < 1.29 is 14.2 Å². The van der Waals surface area contributed by atoms with Gasteiger partial charge in [-0.2, -0.15) is 0 Å². The summed E-state index contributed by atoms with van der Waals surface area (Å²) in [5, 5.41) is 1.14. The smallest absolute Gasteiger partial charge is 0.231 e. The molecule has 3 nitrogen and oxygen atoms in total. The minimum atomic E-state index is 0.313. The average Bonchev–Trinajstić information content (AvgIpc) is 2.93. The Bertz CT molecular complexity index is 395. The summed E-state index contributed by atoms with van der Waals surface area (Å²) in [5.74, 6) is 2.46. The fourth-order valence-electron chi connectivity index (χ4n) is 2.24. The lowest BCUT2D eigenvalue weighted by Gasteiger charge is -2.07. The van der Waals surface area contributed by atoms with Gasteiger partial charge in [0, 0.05) is 11.4 Å². The first-order valence-corrected chi connectivity index (χ1v) is 8.61. The molecule has 20 heavy (non-hydrogen) atoms. The minimum absolute atomic E-state index is 0.313. The molecule has 0 bridgehead atoms. The molecule has 0 spiro atoms. The molecule has 0 saturated heterocycles. The Balaban J connectivity index is 1.51. The summed E-state index contributed by atoms with van der Waals surface area (Å²) in [4.78, 5) is 0. The number of rotatable bonds is 10. The van der Waals surface area contributed by atoms with Gasteiger partial charge in [0.25, 0.3) is 0 Å². The summed E-state index contributed by atoms with van der Waals surface area (Å²) in [6.45, 7) is 1.09. The fraction of sp³-hybridized carbons (Fsp3) is 0.625. The monoisotopic (exact) mass is 342 g/mol. The second kappa shape index (κ2) is 9.11. The van der Waals surface area contributed by atoms with Crippen molar-refractivity contribution in [3.8, 4) is 17.2 Å². The zero-order valence-corrected chi connectivity index (χ0v) is 13.5. The third kappa shape index (κ3) is 5.23. The van der Waals surface area contributed by atoms with Gasteiger partial charge in [0.1, 0.15) is 5.75 Å². The van der Waals surface area contributed by atoms with Crippen LogP contribution in [-0.2, 0) is 0 Å². The third-order valence-corrected chi connectivity index (χ3v) is 3.95. The fourth-order valence-corrected chi connectivity index (χ4v) is 2.63. The van der Waals surface area contributed by atoms with Crippen LogP contribution >= 0.6 is 15.9 Å². The lowest BCUT2D eigenvalue weighted by molar-refractivity contribution is 0.173. The molecule has 0 N–H and O–H groups in total. The Morgan fingerprint density at radius 3 is 2.40 bits per heavy atom. The van der Waals surface area contributed by atoms with Crippen LogP contribution in [0.2, 0.25) is 0 Å². The maximum absolute atomic E-state index is 5.73. The van der Waals surface area contributed by atoms with Crippen LogP contribution in [0, 0.1) is 0 Å². The van der Waals surface area contributed by atoms with Gasteiger partial charge in [0.15, 0.2) is 11.5 Å². The van der Waals surface area contributed by atoms with Gasteiger partial charge in [-0.05, 0) is 25.0 Å². The van der Waals surface area contributed by atoms with E-state index in [0.717, 1.165) is 35.6 Å². The zero-order chi connectivity index (χ0) is 14.0. The summed E-state index contributed by atoms with van der Waals surface area (Å²) in [5.41, 5.74) is 0. The molecule has 0 radical (unpaired) electrons. The number of benzene rings is 1. The van der Waals surface area contributed by atoms with E-state index in [9.17, 15) is 0 Å². The molecule has 1 aromatic carbocycles. The summed E-state index contributed by atoms with van der Waals surface area (Å²) in [6.07, 6.45) is 9.02. The first-order valence-electron chi connectivity index (χ1n) is 7.48. The van der Waals surface area contributed by atoms with E-state index in [0.29, 0.717) is 6.79 Å². The third-order valence-electron chi connectivity index (χ3n) is 3.39.